The molecule has 2 aromatic carbocycles. The van der Waals surface area contributed by atoms with Crippen LogP contribution >= 0.6 is 12.6 Å². The summed E-state index contributed by atoms with van der Waals surface area (Å²) in [6.45, 7) is 2.86. The highest BCUT2D eigenvalue weighted by molar-refractivity contribution is 7.80. The van der Waals surface area contributed by atoms with E-state index in [2.05, 4.69) is 19.6 Å². The lowest BCUT2D eigenvalue weighted by molar-refractivity contribution is 0.0986. The summed E-state index contributed by atoms with van der Waals surface area (Å²) < 4.78 is 0. The Hall–Kier alpha value is -1.74. The van der Waals surface area contributed by atoms with Gasteiger partial charge in [0.05, 0.1) is 0 Å². The third-order valence-electron chi connectivity index (χ3n) is 3.14. The van der Waals surface area contributed by atoms with Crippen molar-refractivity contribution in [3.63, 3.8) is 0 Å². The molecule has 0 saturated heterocycles. The van der Waals surface area contributed by atoms with Gasteiger partial charge in [0, 0.05) is 22.7 Å². The molecule has 0 unspecified atom stereocenters. The van der Waals surface area contributed by atoms with E-state index in [4.69, 9.17) is 0 Å². The predicted octanol–water partition coefficient (Wildman–Crippen LogP) is 4.42. The molecule has 3 heteroatoms. The number of hydrogen-bond acceptors (Lipinski definition) is 2. The molecule has 20 heavy (non-hydrogen) atoms. The molecular weight excluding hydrogens is 266 g/mol. The molecule has 2 aromatic rings. The molecule has 0 atom stereocenters. The number of amides is 1. The van der Waals surface area contributed by atoms with Crippen molar-refractivity contribution in [3.8, 4) is 0 Å². The first-order valence-electron chi connectivity index (χ1n) is 6.88. The largest absolute Gasteiger partial charge is 0.308 e. The van der Waals surface area contributed by atoms with Gasteiger partial charge in [-0.1, -0.05) is 37.6 Å². The Morgan fingerprint density at radius 2 is 1.85 bits per heavy atom. The van der Waals surface area contributed by atoms with Gasteiger partial charge in [-0.15, -0.1) is 12.6 Å². The van der Waals surface area contributed by atoms with Crippen molar-refractivity contribution in [3.05, 3.63) is 60.2 Å². The van der Waals surface area contributed by atoms with E-state index in [0.29, 0.717) is 5.56 Å². The third kappa shape index (κ3) is 3.64. The molecule has 2 nitrogen and oxygen atoms in total. The smallest absolute Gasteiger partial charge is 0.258 e. The maximum Gasteiger partial charge on any atom is 0.258 e. The number of carbonyl (C=O) groups is 1. The normalized spacial score (nSPS) is 10.3. The van der Waals surface area contributed by atoms with Gasteiger partial charge >= 0.3 is 0 Å². The minimum atomic E-state index is 0.0283. The lowest BCUT2D eigenvalue weighted by atomic mass is 10.1. The number of unbranched alkanes of at least 4 members (excludes halogenated alkanes) is 1. The third-order valence-corrected chi connectivity index (χ3v) is 3.42. The minimum Gasteiger partial charge on any atom is -0.308 e. The molecule has 0 spiro atoms. The molecule has 0 fully saturated rings. The Balaban J connectivity index is 2.29. The van der Waals surface area contributed by atoms with Gasteiger partial charge in [0.15, 0.2) is 0 Å². The highest BCUT2D eigenvalue weighted by Crippen LogP contribution is 2.19. The van der Waals surface area contributed by atoms with Crippen LogP contribution < -0.4 is 4.90 Å². The first-order valence-corrected chi connectivity index (χ1v) is 7.33. The number of benzene rings is 2. The van der Waals surface area contributed by atoms with Gasteiger partial charge in [0.2, 0.25) is 0 Å². The van der Waals surface area contributed by atoms with Crippen molar-refractivity contribution in [2.75, 3.05) is 11.4 Å². The number of carbonyl (C=O) groups excluding carboxylic acids is 1. The van der Waals surface area contributed by atoms with Crippen LogP contribution in [0.25, 0.3) is 0 Å². The predicted molar refractivity (Wildman–Crippen MR) is 86.7 cm³/mol. The van der Waals surface area contributed by atoms with E-state index in [0.717, 1.165) is 30.0 Å². The van der Waals surface area contributed by atoms with Crippen molar-refractivity contribution >= 4 is 24.2 Å². The molecular formula is C17H19NOS. The second kappa shape index (κ2) is 7.15. The summed E-state index contributed by atoms with van der Waals surface area (Å²) in [7, 11) is 0. The summed E-state index contributed by atoms with van der Waals surface area (Å²) in [6, 6.07) is 17.2. The lowest BCUT2D eigenvalue weighted by Gasteiger charge is -2.23. The molecule has 2 rings (SSSR count). The average molecular weight is 285 g/mol. The SMILES string of the molecule is CCCCN(C(=O)c1cccc(S)c1)c1ccccc1. The summed E-state index contributed by atoms with van der Waals surface area (Å²) in [6.07, 6.45) is 2.05. The minimum absolute atomic E-state index is 0.0283. The summed E-state index contributed by atoms with van der Waals surface area (Å²) in [5.41, 5.74) is 1.62. The van der Waals surface area contributed by atoms with E-state index in [1.54, 1.807) is 0 Å². The fraction of sp³-hybridized carbons (Fsp3) is 0.235. The Bertz CT molecular complexity index is 568. The lowest BCUT2D eigenvalue weighted by Crippen LogP contribution is -2.31. The van der Waals surface area contributed by atoms with Crippen LogP contribution in [0.1, 0.15) is 30.1 Å². The quantitative estimate of drug-likeness (QED) is 0.806. The van der Waals surface area contributed by atoms with Crippen molar-refractivity contribution in [1.82, 2.24) is 0 Å². The van der Waals surface area contributed by atoms with Crippen LogP contribution in [-0.4, -0.2) is 12.5 Å². The molecule has 0 aliphatic carbocycles. The molecule has 0 aromatic heterocycles. The number of nitrogens with zero attached hydrogens (tertiary/aromatic N) is 1. The van der Waals surface area contributed by atoms with Crippen LogP contribution in [0.2, 0.25) is 0 Å². The number of thiol groups is 1. The zero-order valence-electron chi connectivity index (χ0n) is 11.6. The summed E-state index contributed by atoms with van der Waals surface area (Å²) in [5.74, 6) is 0.0283. The molecule has 1 amide bonds. The number of hydrogen-bond donors (Lipinski definition) is 1. The number of para-hydroxylation sites is 1. The van der Waals surface area contributed by atoms with E-state index in [-0.39, 0.29) is 5.91 Å². The van der Waals surface area contributed by atoms with Gasteiger partial charge in [-0.2, -0.15) is 0 Å². The molecule has 0 aliphatic rings. The first kappa shape index (κ1) is 14.7. The topological polar surface area (TPSA) is 20.3 Å². The highest BCUT2D eigenvalue weighted by atomic mass is 32.1. The van der Waals surface area contributed by atoms with Gasteiger partial charge in [-0.3, -0.25) is 4.79 Å². The van der Waals surface area contributed by atoms with Crippen LogP contribution in [0.15, 0.2) is 59.5 Å². The monoisotopic (exact) mass is 285 g/mol. The average Bonchev–Trinajstić information content (AvgIpc) is 2.48. The van der Waals surface area contributed by atoms with E-state index in [1.807, 2.05) is 59.5 Å². The Labute approximate surface area is 125 Å². The summed E-state index contributed by atoms with van der Waals surface area (Å²) in [5, 5.41) is 0. The van der Waals surface area contributed by atoms with Crippen molar-refractivity contribution < 1.29 is 4.79 Å². The van der Waals surface area contributed by atoms with E-state index >= 15 is 0 Å². The second-order valence-corrected chi connectivity index (χ2v) is 5.21. The van der Waals surface area contributed by atoms with Crippen LogP contribution in [0.5, 0.6) is 0 Å². The Kier molecular flexibility index (Phi) is 5.24. The zero-order valence-corrected chi connectivity index (χ0v) is 12.5. The van der Waals surface area contributed by atoms with Crippen LogP contribution in [0, 0.1) is 0 Å². The molecule has 0 bridgehead atoms. The summed E-state index contributed by atoms with van der Waals surface area (Å²) >= 11 is 4.30. The van der Waals surface area contributed by atoms with E-state index in [1.165, 1.54) is 0 Å². The maximum atomic E-state index is 12.7. The molecule has 0 radical (unpaired) electrons. The zero-order chi connectivity index (χ0) is 14.4. The van der Waals surface area contributed by atoms with E-state index in [9.17, 15) is 4.79 Å². The van der Waals surface area contributed by atoms with Crippen LogP contribution in [-0.2, 0) is 0 Å². The first-order chi connectivity index (χ1) is 9.72. The Morgan fingerprint density at radius 1 is 1.10 bits per heavy atom. The fourth-order valence-corrected chi connectivity index (χ4v) is 2.29. The van der Waals surface area contributed by atoms with Crippen molar-refractivity contribution in [2.45, 2.75) is 24.7 Å². The standard InChI is InChI=1S/C17H19NOS/c1-2-3-12-18(15-9-5-4-6-10-15)17(19)14-8-7-11-16(20)13-14/h4-11,13,20H,2-3,12H2,1H3. The molecule has 0 N–H and O–H groups in total. The second-order valence-electron chi connectivity index (χ2n) is 4.70. The fourth-order valence-electron chi connectivity index (χ4n) is 2.07. The number of rotatable bonds is 5. The van der Waals surface area contributed by atoms with Gasteiger partial charge < -0.3 is 4.90 Å². The van der Waals surface area contributed by atoms with Gasteiger partial charge in [0.25, 0.3) is 5.91 Å². The molecule has 0 aliphatic heterocycles. The van der Waals surface area contributed by atoms with Gasteiger partial charge in [-0.25, -0.2) is 0 Å². The molecule has 104 valence electrons. The highest BCUT2D eigenvalue weighted by Gasteiger charge is 2.16. The van der Waals surface area contributed by atoms with E-state index < -0.39 is 0 Å². The Morgan fingerprint density at radius 3 is 2.50 bits per heavy atom. The van der Waals surface area contributed by atoms with Crippen molar-refractivity contribution in [2.24, 2.45) is 0 Å². The van der Waals surface area contributed by atoms with Crippen molar-refractivity contribution in [1.29, 1.82) is 0 Å². The summed E-state index contributed by atoms with van der Waals surface area (Å²) in [4.78, 5) is 15.3. The van der Waals surface area contributed by atoms with Gasteiger partial charge in [0.1, 0.15) is 0 Å². The van der Waals surface area contributed by atoms with Gasteiger partial charge in [-0.05, 0) is 36.8 Å². The molecule has 0 saturated carbocycles. The molecule has 0 heterocycles. The number of anilines is 1. The van der Waals surface area contributed by atoms with Crippen LogP contribution in [0.3, 0.4) is 0 Å². The maximum absolute atomic E-state index is 12.7. The van der Waals surface area contributed by atoms with Crippen LogP contribution in [0.4, 0.5) is 5.69 Å².